The number of hydrogen-bond donors (Lipinski definition) is 1. The van der Waals surface area contributed by atoms with E-state index in [0.717, 1.165) is 25.3 Å². The number of rotatable bonds is 3. The summed E-state index contributed by atoms with van der Waals surface area (Å²) in [7, 11) is -0.313. The molecule has 1 unspecified atom stereocenters. The highest BCUT2D eigenvalue weighted by atomic mass is 16.2. The molecule has 1 saturated heterocycles. The Morgan fingerprint density at radius 1 is 1.62 bits per heavy atom. The van der Waals surface area contributed by atoms with E-state index in [1.54, 1.807) is 0 Å². The summed E-state index contributed by atoms with van der Waals surface area (Å²) in [4.78, 5) is 6.39. The molecule has 1 fully saturated rings. The van der Waals surface area contributed by atoms with Gasteiger partial charge in [0.05, 0.1) is 12.0 Å². The van der Waals surface area contributed by atoms with E-state index in [2.05, 4.69) is 20.6 Å². The third kappa shape index (κ3) is 2.86. The van der Waals surface area contributed by atoms with Gasteiger partial charge >= 0.3 is 7.05 Å². The number of imidazole rings is 1. The van der Waals surface area contributed by atoms with Crippen LogP contribution in [0.25, 0.3) is 0 Å². The van der Waals surface area contributed by atoms with Gasteiger partial charge in [0.25, 0.3) is 0 Å². The van der Waals surface area contributed by atoms with Crippen LogP contribution in [0.4, 0.5) is 0 Å². The monoisotopic (exact) mass is 221 g/mol. The van der Waals surface area contributed by atoms with E-state index in [1.807, 2.05) is 20.1 Å². The fourth-order valence-electron chi connectivity index (χ4n) is 2.46. The van der Waals surface area contributed by atoms with Gasteiger partial charge in [-0.2, -0.15) is 0 Å². The van der Waals surface area contributed by atoms with Crippen LogP contribution < -0.4 is 0 Å². The first-order chi connectivity index (χ1) is 7.65. The van der Waals surface area contributed by atoms with Crippen molar-refractivity contribution in [3.8, 4) is 0 Å². The molecule has 2 heterocycles. The molecule has 0 saturated carbocycles. The van der Waals surface area contributed by atoms with Gasteiger partial charge in [-0.25, -0.2) is 4.98 Å². The van der Waals surface area contributed by atoms with Crippen molar-refractivity contribution >= 4 is 7.05 Å². The van der Waals surface area contributed by atoms with Gasteiger partial charge in [-0.05, 0) is 45.6 Å². The normalized spacial score (nSPS) is 22.3. The zero-order chi connectivity index (χ0) is 11.5. The van der Waals surface area contributed by atoms with Crippen molar-refractivity contribution in [1.82, 2.24) is 14.4 Å². The molecule has 1 aromatic rings. The zero-order valence-electron chi connectivity index (χ0n) is 10.1. The highest BCUT2D eigenvalue weighted by Gasteiger charge is 2.24. The molecule has 0 bridgehead atoms. The summed E-state index contributed by atoms with van der Waals surface area (Å²) in [6.07, 6.45) is 6.42. The molecule has 1 atom stereocenters. The molecule has 1 N–H and O–H groups in total. The second-order valence-corrected chi connectivity index (χ2v) is 4.85. The van der Waals surface area contributed by atoms with Crippen LogP contribution in [-0.4, -0.2) is 39.5 Å². The Bertz CT molecular complexity index is 340. The van der Waals surface area contributed by atoms with Gasteiger partial charge < -0.3 is 14.4 Å². The van der Waals surface area contributed by atoms with E-state index in [1.165, 1.54) is 12.8 Å². The first kappa shape index (κ1) is 11.7. The minimum Gasteiger partial charge on any atom is -0.437 e. The first-order valence-electron chi connectivity index (χ1n) is 6.05. The molecule has 1 aromatic heterocycles. The van der Waals surface area contributed by atoms with Crippen LogP contribution in [0, 0.1) is 12.8 Å². The van der Waals surface area contributed by atoms with Crippen molar-refractivity contribution in [2.45, 2.75) is 33.1 Å². The minimum atomic E-state index is -0.313. The molecule has 2 rings (SSSR count). The second-order valence-electron chi connectivity index (χ2n) is 4.85. The lowest BCUT2D eigenvalue weighted by Gasteiger charge is -2.33. The Balaban J connectivity index is 1.90. The van der Waals surface area contributed by atoms with Crippen LogP contribution in [0.3, 0.4) is 0 Å². The smallest absolute Gasteiger partial charge is 0.376 e. The Hall–Kier alpha value is -0.805. The average Bonchev–Trinajstić information content (AvgIpc) is 2.64. The molecule has 0 radical (unpaired) electrons. The highest BCUT2D eigenvalue weighted by molar-refractivity contribution is 6.45. The van der Waals surface area contributed by atoms with E-state index in [4.69, 9.17) is 0 Å². The van der Waals surface area contributed by atoms with Gasteiger partial charge in [-0.1, -0.05) is 0 Å². The third-order valence-corrected chi connectivity index (χ3v) is 3.31. The number of aromatic nitrogens is 2. The van der Waals surface area contributed by atoms with Gasteiger partial charge in [0.1, 0.15) is 0 Å². The predicted molar refractivity (Wildman–Crippen MR) is 65.1 cm³/mol. The number of aryl methyl sites for hydroxylation is 1. The Morgan fingerprint density at radius 3 is 3.06 bits per heavy atom. The van der Waals surface area contributed by atoms with Crippen molar-refractivity contribution < 1.29 is 5.02 Å². The van der Waals surface area contributed by atoms with Crippen LogP contribution in [0.15, 0.2) is 12.5 Å². The predicted octanol–water partition coefficient (Wildman–Crippen LogP) is 1.01. The van der Waals surface area contributed by atoms with Gasteiger partial charge in [0.2, 0.25) is 0 Å². The quantitative estimate of drug-likeness (QED) is 0.774. The van der Waals surface area contributed by atoms with Crippen molar-refractivity contribution in [3.63, 3.8) is 0 Å². The summed E-state index contributed by atoms with van der Waals surface area (Å²) in [5.41, 5.74) is 1.07. The standard InChI is InChI=1S/C11H20BN3O/c1-10-6-14(9-13-10)7-11-4-3-5-15(8-11)12(2)16/h6,9,11,16H,3-5,7-8H2,1-2H3. The maximum atomic E-state index is 9.57. The Labute approximate surface area is 97.4 Å². The van der Waals surface area contributed by atoms with Crippen molar-refractivity contribution in [3.05, 3.63) is 18.2 Å². The Morgan fingerprint density at radius 2 is 2.44 bits per heavy atom. The van der Waals surface area contributed by atoms with Gasteiger partial charge in [0.15, 0.2) is 0 Å². The molecule has 88 valence electrons. The highest BCUT2D eigenvalue weighted by Crippen LogP contribution is 2.18. The third-order valence-electron chi connectivity index (χ3n) is 3.31. The number of piperidine rings is 1. The Kier molecular flexibility index (Phi) is 3.66. The number of hydrogen-bond acceptors (Lipinski definition) is 3. The SMILES string of the molecule is CB(O)N1CCCC(Cn2cnc(C)c2)C1. The fraction of sp³-hybridized carbons (Fsp3) is 0.727. The van der Waals surface area contributed by atoms with Gasteiger partial charge in [-0.15, -0.1) is 0 Å². The summed E-state index contributed by atoms with van der Waals surface area (Å²) in [5.74, 6) is 0.636. The summed E-state index contributed by atoms with van der Waals surface area (Å²) >= 11 is 0. The molecule has 1 aliphatic rings. The molecule has 16 heavy (non-hydrogen) atoms. The van der Waals surface area contributed by atoms with Crippen molar-refractivity contribution in [2.24, 2.45) is 5.92 Å². The summed E-state index contributed by atoms with van der Waals surface area (Å²) in [6, 6.07) is 0. The minimum absolute atomic E-state index is 0.313. The topological polar surface area (TPSA) is 41.3 Å². The maximum Gasteiger partial charge on any atom is 0.376 e. The summed E-state index contributed by atoms with van der Waals surface area (Å²) in [5, 5.41) is 9.57. The lowest BCUT2D eigenvalue weighted by Crippen LogP contribution is -2.45. The lowest BCUT2D eigenvalue weighted by atomic mass is 9.80. The van der Waals surface area contributed by atoms with E-state index < -0.39 is 0 Å². The maximum absolute atomic E-state index is 9.57. The largest absolute Gasteiger partial charge is 0.437 e. The molecule has 4 nitrogen and oxygen atoms in total. The van der Waals surface area contributed by atoms with E-state index in [9.17, 15) is 5.02 Å². The van der Waals surface area contributed by atoms with E-state index >= 15 is 0 Å². The van der Waals surface area contributed by atoms with Crippen LogP contribution in [-0.2, 0) is 6.54 Å². The fourth-order valence-corrected chi connectivity index (χ4v) is 2.46. The lowest BCUT2D eigenvalue weighted by molar-refractivity contribution is 0.225. The van der Waals surface area contributed by atoms with Crippen LogP contribution in [0.5, 0.6) is 0 Å². The van der Waals surface area contributed by atoms with Crippen LogP contribution >= 0.6 is 0 Å². The molecule has 0 spiro atoms. The molecule has 0 amide bonds. The summed E-state index contributed by atoms with van der Waals surface area (Å²) in [6.45, 7) is 6.90. The number of nitrogens with zero attached hydrogens (tertiary/aromatic N) is 3. The molecular formula is C11H20BN3O. The van der Waals surface area contributed by atoms with Gasteiger partial charge in [0, 0.05) is 12.7 Å². The van der Waals surface area contributed by atoms with E-state index in [-0.39, 0.29) is 7.05 Å². The average molecular weight is 221 g/mol. The van der Waals surface area contributed by atoms with Crippen LogP contribution in [0.1, 0.15) is 18.5 Å². The zero-order valence-corrected chi connectivity index (χ0v) is 10.1. The molecular weight excluding hydrogens is 201 g/mol. The van der Waals surface area contributed by atoms with Crippen molar-refractivity contribution in [1.29, 1.82) is 0 Å². The molecule has 0 aromatic carbocycles. The second kappa shape index (κ2) is 5.02. The van der Waals surface area contributed by atoms with E-state index in [0.29, 0.717) is 5.92 Å². The molecule has 0 aliphatic carbocycles. The van der Waals surface area contributed by atoms with Crippen molar-refractivity contribution in [2.75, 3.05) is 13.1 Å². The van der Waals surface area contributed by atoms with Gasteiger partial charge in [-0.3, -0.25) is 0 Å². The summed E-state index contributed by atoms with van der Waals surface area (Å²) < 4.78 is 2.16. The first-order valence-corrected chi connectivity index (χ1v) is 6.05. The van der Waals surface area contributed by atoms with Crippen LogP contribution in [0.2, 0.25) is 6.82 Å². The molecule has 5 heteroatoms. The molecule has 1 aliphatic heterocycles.